The molecule has 0 aromatic heterocycles. The van der Waals surface area contributed by atoms with Gasteiger partial charge in [-0.15, -0.1) is 0 Å². The van der Waals surface area contributed by atoms with Gasteiger partial charge < -0.3 is 0 Å². The first kappa shape index (κ1) is 9.64. The Hall–Kier alpha value is -0.260. The van der Waals surface area contributed by atoms with Crippen molar-refractivity contribution < 1.29 is 0 Å². The van der Waals surface area contributed by atoms with Crippen LogP contribution in [-0.2, 0) is 0 Å². The molecule has 6 aliphatic rings. The predicted molar refractivity (Wildman–Crippen MR) is 69.4 cm³/mol. The zero-order chi connectivity index (χ0) is 11.0. The lowest BCUT2D eigenvalue weighted by molar-refractivity contribution is -0.0662. The van der Waals surface area contributed by atoms with Gasteiger partial charge >= 0.3 is 0 Å². The molecule has 17 heavy (non-hydrogen) atoms. The molecule has 3 atom stereocenters. The molecule has 0 heteroatoms. The van der Waals surface area contributed by atoms with E-state index in [1.165, 1.54) is 6.42 Å². The van der Waals surface area contributed by atoms with Crippen LogP contribution in [0.4, 0.5) is 0 Å². The molecule has 5 saturated carbocycles. The van der Waals surface area contributed by atoms with E-state index in [1.807, 2.05) is 0 Å². The van der Waals surface area contributed by atoms with Gasteiger partial charge in [0, 0.05) is 0 Å². The summed E-state index contributed by atoms with van der Waals surface area (Å²) in [6.45, 7) is 0. The number of fused-ring (bicyclic) bond motifs is 2. The molecule has 0 radical (unpaired) electrons. The summed E-state index contributed by atoms with van der Waals surface area (Å²) in [7, 11) is 0. The summed E-state index contributed by atoms with van der Waals surface area (Å²) in [5.74, 6) is 8.88. The quantitative estimate of drug-likeness (QED) is 0.588. The zero-order valence-corrected chi connectivity index (χ0v) is 10.7. The largest absolute Gasteiger partial charge is 0.0851 e. The summed E-state index contributed by atoms with van der Waals surface area (Å²) in [4.78, 5) is 0. The molecule has 0 aromatic carbocycles. The van der Waals surface area contributed by atoms with E-state index < -0.39 is 0 Å². The SMILES string of the molecule is C1=CC2CC1CC2C1C2CC3CC(C2)CC1C3. The fourth-order valence-corrected chi connectivity index (χ4v) is 6.93. The van der Waals surface area contributed by atoms with Crippen molar-refractivity contribution in [2.75, 3.05) is 0 Å². The molecule has 5 fully saturated rings. The molecule has 0 aromatic rings. The summed E-state index contributed by atoms with van der Waals surface area (Å²) >= 11 is 0. The molecular formula is C17H24. The Morgan fingerprint density at radius 1 is 0.647 bits per heavy atom. The number of hydrogen-bond acceptors (Lipinski definition) is 0. The van der Waals surface area contributed by atoms with Crippen molar-refractivity contribution in [3.05, 3.63) is 12.2 Å². The Bertz CT molecular complexity index is 338. The van der Waals surface area contributed by atoms with Gasteiger partial charge in [0.1, 0.15) is 0 Å². The van der Waals surface area contributed by atoms with Crippen LogP contribution in [0.15, 0.2) is 12.2 Å². The Morgan fingerprint density at radius 2 is 1.35 bits per heavy atom. The van der Waals surface area contributed by atoms with Gasteiger partial charge in [-0.1, -0.05) is 12.2 Å². The minimum atomic E-state index is 0.988. The lowest BCUT2D eigenvalue weighted by Crippen LogP contribution is -2.48. The molecular weight excluding hydrogens is 204 g/mol. The van der Waals surface area contributed by atoms with Crippen LogP contribution in [0.25, 0.3) is 0 Å². The highest BCUT2D eigenvalue weighted by atomic mass is 14.6. The van der Waals surface area contributed by atoms with Crippen molar-refractivity contribution in [1.29, 1.82) is 0 Å². The van der Waals surface area contributed by atoms with E-state index in [4.69, 9.17) is 0 Å². The topological polar surface area (TPSA) is 0 Å². The molecule has 3 unspecified atom stereocenters. The van der Waals surface area contributed by atoms with Crippen molar-refractivity contribution in [1.82, 2.24) is 0 Å². The highest BCUT2D eigenvalue weighted by Gasteiger charge is 2.53. The van der Waals surface area contributed by atoms with Crippen molar-refractivity contribution >= 4 is 0 Å². The molecule has 6 aliphatic carbocycles. The highest BCUT2D eigenvalue weighted by molar-refractivity contribution is 5.13. The van der Waals surface area contributed by atoms with Crippen molar-refractivity contribution in [2.24, 2.45) is 47.3 Å². The van der Waals surface area contributed by atoms with Crippen LogP contribution in [0, 0.1) is 47.3 Å². The first-order valence-corrected chi connectivity index (χ1v) is 8.05. The van der Waals surface area contributed by atoms with Crippen LogP contribution < -0.4 is 0 Å². The Balaban J connectivity index is 1.46. The molecule has 0 heterocycles. The van der Waals surface area contributed by atoms with Crippen molar-refractivity contribution in [2.45, 2.75) is 44.9 Å². The van der Waals surface area contributed by atoms with E-state index in [-0.39, 0.29) is 0 Å². The molecule has 6 bridgehead atoms. The van der Waals surface area contributed by atoms with Crippen LogP contribution in [0.2, 0.25) is 0 Å². The molecule has 6 rings (SSSR count). The second kappa shape index (κ2) is 3.19. The predicted octanol–water partition coefficient (Wildman–Crippen LogP) is 4.27. The number of allylic oxidation sites excluding steroid dienone is 2. The molecule has 0 amide bonds. The van der Waals surface area contributed by atoms with Gasteiger partial charge in [-0.3, -0.25) is 0 Å². The normalized spacial score (nSPS) is 62.6. The summed E-state index contributed by atoms with van der Waals surface area (Å²) in [6.07, 6.45) is 16.3. The third kappa shape index (κ3) is 1.25. The minimum absolute atomic E-state index is 0.988. The monoisotopic (exact) mass is 228 g/mol. The lowest BCUT2D eigenvalue weighted by atomic mass is 9.48. The average molecular weight is 228 g/mol. The smallest absolute Gasteiger partial charge is 0.0196 e. The fourth-order valence-electron chi connectivity index (χ4n) is 6.93. The molecule has 0 saturated heterocycles. The summed E-state index contributed by atoms with van der Waals surface area (Å²) < 4.78 is 0. The van der Waals surface area contributed by atoms with E-state index in [1.54, 1.807) is 38.5 Å². The summed E-state index contributed by atoms with van der Waals surface area (Å²) in [5.41, 5.74) is 0. The van der Waals surface area contributed by atoms with E-state index in [2.05, 4.69) is 12.2 Å². The minimum Gasteiger partial charge on any atom is -0.0851 e. The van der Waals surface area contributed by atoms with E-state index in [9.17, 15) is 0 Å². The third-order valence-corrected chi connectivity index (χ3v) is 7.12. The highest BCUT2D eigenvalue weighted by Crippen LogP contribution is 2.62. The second-order valence-electron chi connectivity index (χ2n) is 7.95. The molecule has 0 spiro atoms. The fraction of sp³-hybridized carbons (Fsp3) is 0.882. The van der Waals surface area contributed by atoms with Crippen LogP contribution in [0.5, 0.6) is 0 Å². The van der Waals surface area contributed by atoms with Gasteiger partial charge in [0.15, 0.2) is 0 Å². The molecule has 0 N–H and O–H groups in total. The second-order valence-corrected chi connectivity index (χ2v) is 7.95. The first-order chi connectivity index (χ1) is 8.37. The maximum atomic E-state index is 2.59. The first-order valence-electron chi connectivity index (χ1n) is 8.05. The number of hydrogen-bond donors (Lipinski definition) is 0. The maximum absolute atomic E-state index is 2.59. The Labute approximate surface area is 105 Å². The van der Waals surface area contributed by atoms with E-state index >= 15 is 0 Å². The molecule has 0 aliphatic heterocycles. The zero-order valence-electron chi connectivity index (χ0n) is 10.7. The standard InChI is InChI=1S/C17H24/c1-2-13-4-10(1)9-16(13)17-14-5-11-3-12(7-14)8-15(17)6-11/h1-2,10-17H,3-9H2. The maximum Gasteiger partial charge on any atom is -0.0196 e. The van der Waals surface area contributed by atoms with Crippen LogP contribution in [-0.4, -0.2) is 0 Å². The van der Waals surface area contributed by atoms with Gasteiger partial charge in [-0.05, 0) is 92.3 Å². The molecule has 92 valence electrons. The van der Waals surface area contributed by atoms with Gasteiger partial charge in [0.05, 0.1) is 0 Å². The van der Waals surface area contributed by atoms with Gasteiger partial charge in [-0.2, -0.15) is 0 Å². The summed E-state index contributed by atoms with van der Waals surface area (Å²) in [6, 6.07) is 0. The van der Waals surface area contributed by atoms with Crippen LogP contribution in [0.3, 0.4) is 0 Å². The van der Waals surface area contributed by atoms with Crippen molar-refractivity contribution in [3.63, 3.8) is 0 Å². The summed E-state index contributed by atoms with van der Waals surface area (Å²) in [5, 5.41) is 0. The van der Waals surface area contributed by atoms with Gasteiger partial charge in [0.25, 0.3) is 0 Å². The lowest BCUT2D eigenvalue weighted by Gasteiger charge is -2.57. The van der Waals surface area contributed by atoms with Gasteiger partial charge in [-0.25, -0.2) is 0 Å². The van der Waals surface area contributed by atoms with Gasteiger partial charge in [0.2, 0.25) is 0 Å². The van der Waals surface area contributed by atoms with Crippen molar-refractivity contribution in [3.8, 4) is 0 Å². The third-order valence-electron chi connectivity index (χ3n) is 7.12. The number of rotatable bonds is 1. The Kier molecular flexibility index (Phi) is 1.81. The average Bonchev–Trinajstić information content (AvgIpc) is 2.89. The van der Waals surface area contributed by atoms with Crippen LogP contribution in [0.1, 0.15) is 44.9 Å². The Morgan fingerprint density at radius 3 is 1.88 bits per heavy atom. The van der Waals surface area contributed by atoms with E-state index in [0.29, 0.717) is 0 Å². The molecule has 0 nitrogen and oxygen atoms in total. The van der Waals surface area contributed by atoms with E-state index in [0.717, 1.165) is 47.3 Å². The van der Waals surface area contributed by atoms with Crippen LogP contribution >= 0.6 is 0 Å².